The van der Waals surface area contributed by atoms with Gasteiger partial charge < -0.3 is 5.32 Å². The van der Waals surface area contributed by atoms with Crippen LogP contribution in [0.25, 0.3) is 0 Å². The van der Waals surface area contributed by atoms with Gasteiger partial charge in [-0.2, -0.15) is 0 Å². The molecule has 5 nitrogen and oxygen atoms in total. The van der Waals surface area contributed by atoms with Gasteiger partial charge in [-0.05, 0) is 44.9 Å². The maximum Gasteiger partial charge on any atom is 0.209 e. The SMILES string of the molecule is CC(C)CNCCn1nnnc1SCc1cc(Br)cs1. The maximum absolute atomic E-state index is 4.08. The third kappa shape index (κ3) is 5.16. The molecule has 1 N–H and O–H groups in total. The van der Waals surface area contributed by atoms with Gasteiger partial charge in [-0.25, -0.2) is 4.68 Å². The zero-order chi connectivity index (χ0) is 14.4. The fourth-order valence-electron chi connectivity index (χ4n) is 1.58. The third-order valence-electron chi connectivity index (χ3n) is 2.52. The molecule has 0 atom stereocenters. The van der Waals surface area contributed by atoms with Crippen LogP contribution in [0, 0.1) is 5.92 Å². The summed E-state index contributed by atoms with van der Waals surface area (Å²) >= 11 is 6.88. The molecule has 8 heteroatoms. The van der Waals surface area contributed by atoms with Crippen LogP contribution in [-0.4, -0.2) is 33.3 Å². The molecule has 0 aliphatic rings. The van der Waals surface area contributed by atoms with Crippen LogP contribution in [0.3, 0.4) is 0 Å². The molecular formula is C12H18BrN5S2. The number of aromatic nitrogens is 4. The largest absolute Gasteiger partial charge is 0.315 e. The highest BCUT2D eigenvalue weighted by atomic mass is 79.9. The van der Waals surface area contributed by atoms with Crippen molar-refractivity contribution in [2.75, 3.05) is 13.1 Å². The molecule has 110 valence electrons. The smallest absolute Gasteiger partial charge is 0.209 e. The lowest BCUT2D eigenvalue weighted by Gasteiger charge is -2.07. The number of thioether (sulfide) groups is 1. The second-order valence-corrected chi connectivity index (χ2v) is 7.66. The Labute approximate surface area is 135 Å². The minimum atomic E-state index is 0.662. The van der Waals surface area contributed by atoms with Gasteiger partial charge in [0, 0.05) is 27.0 Å². The predicted octanol–water partition coefficient (Wildman–Crippen LogP) is 3.04. The average Bonchev–Trinajstić information content (AvgIpc) is 3.01. The number of tetrazole rings is 1. The highest BCUT2D eigenvalue weighted by Gasteiger charge is 2.08. The van der Waals surface area contributed by atoms with Crippen molar-refractivity contribution >= 4 is 39.0 Å². The molecule has 0 unspecified atom stereocenters. The first kappa shape index (κ1) is 15.9. The topological polar surface area (TPSA) is 55.6 Å². The van der Waals surface area contributed by atoms with Crippen molar-refractivity contribution in [2.45, 2.75) is 31.3 Å². The van der Waals surface area contributed by atoms with Gasteiger partial charge in [-0.15, -0.1) is 16.4 Å². The molecule has 0 saturated carbocycles. The minimum Gasteiger partial charge on any atom is -0.315 e. The van der Waals surface area contributed by atoms with Gasteiger partial charge >= 0.3 is 0 Å². The van der Waals surface area contributed by atoms with E-state index in [9.17, 15) is 0 Å². The number of halogens is 1. The quantitative estimate of drug-likeness (QED) is 0.567. The first-order chi connectivity index (χ1) is 9.65. The fourth-order valence-corrected chi connectivity index (χ4v) is 3.99. The average molecular weight is 376 g/mol. The molecule has 20 heavy (non-hydrogen) atoms. The Morgan fingerprint density at radius 3 is 3.05 bits per heavy atom. The summed E-state index contributed by atoms with van der Waals surface area (Å²) in [5, 5.41) is 18.2. The van der Waals surface area contributed by atoms with Gasteiger partial charge in [0.25, 0.3) is 0 Å². The molecule has 2 aromatic rings. The Morgan fingerprint density at radius 2 is 2.35 bits per heavy atom. The third-order valence-corrected chi connectivity index (χ3v) is 5.40. The normalized spacial score (nSPS) is 11.4. The van der Waals surface area contributed by atoms with Crippen LogP contribution in [-0.2, 0) is 12.3 Å². The Hall–Kier alpha value is -0.440. The highest BCUT2D eigenvalue weighted by molar-refractivity contribution is 9.10. The Bertz CT molecular complexity index is 525. The van der Waals surface area contributed by atoms with Crippen LogP contribution in [0.1, 0.15) is 18.7 Å². The molecule has 0 bridgehead atoms. The van der Waals surface area contributed by atoms with E-state index in [0.717, 1.165) is 35.0 Å². The number of hydrogen-bond donors (Lipinski definition) is 1. The standard InChI is InChI=1S/C12H18BrN5S2/c1-9(2)6-14-3-4-18-12(15-16-17-18)20-8-11-5-10(13)7-19-11/h5,7,9,14H,3-4,6,8H2,1-2H3. The summed E-state index contributed by atoms with van der Waals surface area (Å²) < 4.78 is 3.00. The van der Waals surface area contributed by atoms with Crippen LogP contribution >= 0.6 is 39.0 Å². The molecule has 2 rings (SSSR count). The first-order valence-electron chi connectivity index (χ1n) is 6.47. The Morgan fingerprint density at radius 1 is 1.50 bits per heavy atom. The zero-order valence-electron chi connectivity index (χ0n) is 11.5. The Kier molecular flexibility index (Phi) is 6.47. The molecule has 0 saturated heterocycles. The van der Waals surface area contributed by atoms with Crippen LogP contribution in [0.5, 0.6) is 0 Å². The first-order valence-corrected chi connectivity index (χ1v) is 9.13. The van der Waals surface area contributed by atoms with Crippen molar-refractivity contribution in [1.82, 2.24) is 25.5 Å². The summed E-state index contributed by atoms with van der Waals surface area (Å²) in [6.45, 7) is 7.11. The number of nitrogens with one attached hydrogen (secondary N) is 1. The Balaban J connectivity index is 1.79. The van der Waals surface area contributed by atoms with E-state index in [1.165, 1.54) is 4.88 Å². The van der Waals surface area contributed by atoms with Gasteiger partial charge in [-0.1, -0.05) is 25.6 Å². The molecule has 0 amide bonds. The van der Waals surface area contributed by atoms with Crippen molar-refractivity contribution in [1.29, 1.82) is 0 Å². The number of rotatable bonds is 8. The van der Waals surface area contributed by atoms with Crippen LogP contribution in [0.2, 0.25) is 0 Å². The number of thiophene rings is 1. The predicted molar refractivity (Wildman–Crippen MR) is 87.1 cm³/mol. The molecule has 0 aromatic carbocycles. The fraction of sp³-hybridized carbons (Fsp3) is 0.583. The van der Waals surface area contributed by atoms with E-state index >= 15 is 0 Å². The summed E-state index contributed by atoms with van der Waals surface area (Å²) in [4.78, 5) is 1.31. The molecule has 0 aliphatic heterocycles. The van der Waals surface area contributed by atoms with Gasteiger partial charge in [0.1, 0.15) is 0 Å². The highest BCUT2D eigenvalue weighted by Crippen LogP contribution is 2.26. The van der Waals surface area contributed by atoms with Crippen molar-refractivity contribution < 1.29 is 0 Å². The summed E-state index contributed by atoms with van der Waals surface area (Å²) in [7, 11) is 0. The maximum atomic E-state index is 4.08. The van der Waals surface area contributed by atoms with Gasteiger partial charge in [0.2, 0.25) is 5.16 Å². The summed E-state index contributed by atoms with van der Waals surface area (Å²) in [6.07, 6.45) is 0. The molecule has 0 radical (unpaired) electrons. The van der Waals surface area contributed by atoms with E-state index < -0.39 is 0 Å². The molecule has 0 fully saturated rings. The van der Waals surface area contributed by atoms with Crippen LogP contribution in [0.4, 0.5) is 0 Å². The van der Waals surface area contributed by atoms with E-state index in [-0.39, 0.29) is 0 Å². The van der Waals surface area contributed by atoms with E-state index in [4.69, 9.17) is 0 Å². The van der Waals surface area contributed by atoms with Crippen molar-refractivity contribution in [3.63, 3.8) is 0 Å². The van der Waals surface area contributed by atoms with Crippen molar-refractivity contribution in [2.24, 2.45) is 5.92 Å². The minimum absolute atomic E-state index is 0.662. The lowest BCUT2D eigenvalue weighted by Crippen LogP contribution is -2.24. The van der Waals surface area contributed by atoms with Crippen LogP contribution in [0.15, 0.2) is 21.1 Å². The van der Waals surface area contributed by atoms with Crippen molar-refractivity contribution in [3.8, 4) is 0 Å². The second-order valence-electron chi connectivity index (χ2n) is 4.80. The van der Waals surface area contributed by atoms with Gasteiger partial charge in [0.05, 0.1) is 6.54 Å². The summed E-state index contributed by atoms with van der Waals surface area (Å²) in [5.41, 5.74) is 0. The molecular weight excluding hydrogens is 358 g/mol. The number of hydrogen-bond acceptors (Lipinski definition) is 6. The summed E-state index contributed by atoms with van der Waals surface area (Å²) in [6, 6.07) is 2.13. The van der Waals surface area contributed by atoms with Gasteiger partial charge in [-0.3, -0.25) is 0 Å². The molecule has 2 heterocycles. The lowest BCUT2D eigenvalue weighted by molar-refractivity contribution is 0.482. The van der Waals surface area contributed by atoms with E-state index in [2.05, 4.69) is 62.1 Å². The molecule has 0 aliphatic carbocycles. The van der Waals surface area contributed by atoms with E-state index in [1.54, 1.807) is 23.1 Å². The monoisotopic (exact) mass is 375 g/mol. The summed E-state index contributed by atoms with van der Waals surface area (Å²) in [5.74, 6) is 1.56. The van der Waals surface area contributed by atoms with E-state index in [1.807, 2.05) is 4.68 Å². The van der Waals surface area contributed by atoms with Crippen LogP contribution < -0.4 is 5.32 Å². The zero-order valence-corrected chi connectivity index (χ0v) is 14.8. The molecule has 0 spiro atoms. The van der Waals surface area contributed by atoms with Gasteiger partial charge in [0.15, 0.2) is 0 Å². The lowest BCUT2D eigenvalue weighted by atomic mass is 10.2. The number of nitrogens with zero attached hydrogens (tertiary/aromatic N) is 4. The van der Waals surface area contributed by atoms with Crippen molar-refractivity contribution in [3.05, 3.63) is 20.8 Å². The molecule has 2 aromatic heterocycles. The van der Waals surface area contributed by atoms with E-state index in [0.29, 0.717) is 5.92 Å². The second kappa shape index (κ2) is 8.11.